The first kappa shape index (κ1) is 17.5. The maximum Gasteiger partial charge on any atom is 0.321 e. The Bertz CT molecular complexity index is 707. The van der Waals surface area contributed by atoms with Crippen LogP contribution in [0.2, 0.25) is 5.02 Å². The molecule has 0 unspecified atom stereocenters. The van der Waals surface area contributed by atoms with E-state index in [-0.39, 0.29) is 6.03 Å². The first-order valence-corrected chi connectivity index (χ1v) is 8.84. The Morgan fingerprint density at radius 2 is 1.68 bits per heavy atom. The predicted molar refractivity (Wildman–Crippen MR) is 104 cm³/mol. The van der Waals surface area contributed by atoms with Crippen molar-refractivity contribution in [2.75, 3.05) is 38.0 Å². The van der Waals surface area contributed by atoms with Crippen LogP contribution in [-0.2, 0) is 0 Å². The molecule has 1 saturated heterocycles. The SMILES string of the molecule is O=C(Nc1ccc(Cl)cc1)N1CCN(C/C=C/c2ccccc2)CC1. The quantitative estimate of drug-likeness (QED) is 0.892. The topological polar surface area (TPSA) is 35.6 Å². The molecule has 5 heteroatoms. The van der Waals surface area contributed by atoms with Crippen LogP contribution in [0.4, 0.5) is 10.5 Å². The summed E-state index contributed by atoms with van der Waals surface area (Å²) in [6.45, 7) is 4.14. The lowest BCUT2D eigenvalue weighted by Crippen LogP contribution is -2.49. The van der Waals surface area contributed by atoms with Gasteiger partial charge >= 0.3 is 6.03 Å². The van der Waals surface area contributed by atoms with Crippen molar-refractivity contribution in [3.63, 3.8) is 0 Å². The molecule has 4 nitrogen and oxygen atoms in total. The standard InChI is InChI=1S/C20H22ClN3O/c21-18-8-10-19(11-9-18)22-20(25)24-15-13-23(14-16-24)12-4-7-17-5-2-1-3-6-17/h1-11H,12-16H2,(H,22,25)/b7-4+. The van der Waals surface area contributed by atoms with Crippen LogP contribution in [0.3, 0.4) is 0 Å². The molecule has 1 aliphatic rings. The first-order valence-electron chi connectivity index (χ1n) is 8.46. The average molecular weight is 356 g/mol. The second-order valence-corrected chi connectivity index (χ2v) is 6.47. The van der Waals surface area contributed by atoms with Crippen LogP contribution in [0.5, 0.6) is 0 Å². The van der Waals surface area contributed by atoms with Crippen molar-refractivity contribution in [2.24, 2.45) is 0 Å². The summed E-state index contributed by atoms with van der Waals surface area (Å²) in [5.74, 6) is 0. The summed E-state index contributed by atoms with van der Waals surface area (Å²) >= 11 is 5.86. The van der Waals surface area contributed by atoms with Gasteiger partial charge in [-0.25, -0.2) is 4.79 Å². The molecule has 0 saturated carbocycles. The van der Waals surface area contributed by atoms with Crippen molar-refractivity contribution >= 4 is 29.4 Å². The van der Waals surface area contributed by atoms with Gasteiger partial charge < -0.3 is 10.2 Å². The molecule has 1 N–H and O–H groups in total. The largest absolute Gasteiger partial charge is 0.322 e. The van der Waals surface area contributed by atoms with Gasteiger partial charge in [0.25, 0.3) is 0 Å². The zero-order chi connectivity index (χ0) is 17.5. The van der Waals surface area contributed by atoms with Crippen molar-refractivity contribution in [3.8, 4) is 0 Å². The molecule has 0 radical (unpaired) electrons. The molecule has 25 heavy (non-hydrogen) atoms. The number of carbonyl (C=O) groups is 1. The van der Waals surface area contributed by atoms with E-state index in [2.05, 4.69) is 34.5 Å². The van der Waals surface area contributed by atoms with E-state index in [1.54, 1.807) is 12.1 Å². The van der Waals surface area contributed by atoms with E-state index in [9.17, 15) is 4.79 Å². The van der Waals surface area contributed by atoms with Gasteiger partial charge in [-0.15, -0.1) is 0 Å². The molecule has 3 rings (SSSR count). The van der Waals surface area contributed by atoms with Gasteiger partial charge in [0.2, 0.25) is 0 Å². The number of piperazine rings is 1. The number of halogens is 1. The lowest BCUT2D eigenvalue weighted by molar-refractivity contribution is 0.156. The Balaban J connectivity index is 1.42. The molecule has 0 aromatic heterocycles. The van der Waals surface area contributed by atoms with E-state index in [0.29, 0.717) is 5.02 Å². The summed E-state index contributed by atoms with van der Waals surface area (Å²) in [5, 5.41) is 3.58. The number of carbonyl (C=O) groups excluding carboxylic acids is 1. The van der Waals surface area contributed by atoms with Crippen LogP contribution in [0, 0.1) is 0 Å². The van der Waals surface area contributed by atoms with Gasteiger partial charge in [0, 0.05) is 43.4 Å². The van der Waals surface area contributed by atoms with Crippen LogP contribution >= 0.6 is 11.6 Å². The molecule has 0 atom stereocenters. The highest BCUT2D eigenvalue weighted by Gasteiger charge is 2.20. The summed E-state index contributed by atoms with van der Waals surface area (Å²) in [5.41, 5.74) is 1.98. The number of hydrogen-bond donors (Lipinski definition) is 1. The Morgan fingerprint density at radius 3 is 2.36 bits per heavy atom. The average Bonchev–Trinajstić information content (AvgIpc) is 2.65. The second kappa shape index (κ2) is 8.70. The highest BCUT2D eigenvalue weighted by molar-refractivity contribution is 6.30. The van der Waals surface area contributed by atoms with E-state index in [1.165, 1.54) is 5.56 Å². The first-order chi connectivity index (χ1) is 12.2. The third-order valence-electron chi connectivity index (χ3n) is 4.23. The highest BCUT2D eigenvalue weighted by Crippen LogP contribution is 2.14. The maximum atomic E-state index is 12.3. The predicted octanol–water partition coefficient (Wildman–Crippen LogP) is 4.20. The fraction of sp³-hybridized carbons (Fsp3) is 0.250. The smallest absolute Gasteiger partial charge is 0.321 e. The van der Waals surface area contributed by atoms with Gasteiger partial charge in [0.05, 0.1) is 0 Å². The number of hydrogen-bond acceptors (Lipinski definition) is 2. The van der Waals surface area contributed by atoms with E-state index in [0.717, 1.165) is 38.4 Å². The molecule has 1 fully saturated rings. The third kappa shape index (κ3) is 5.34. The van der Waals surface area contributed by atoms with Gasteiger partial charge in [-0.05, 0) is 29.8 Å². The molecular weight excluding hydrogens is 334 g/mol. The highest BCUT2D eigenvalue weighted by atomic mass is 35.5. The summed E-state index contributed by atoms with van der Waals surface area (Å²) in [6.07, 6.45) is 4.32. The molecule has 2 amide bonds. The number of urea groups is 1. The molecule has 0 bridgehead atoms. The molecule has 2 aromatic rings. The molecule has 130 valence electrons. The van der Waals surface area contributed by atoms with Crippen molar-refractivity contribution in [2.45, 2.75) is 0 Å². The summed E-state index contributed by atoms with van der Waals surface area (Å²) in [4.78, 5) is 16.5. The minimum absolute atomic E-state index is 0.0539. The van der Waals surface area contributed by atoms with Crippen molar-refractivity contribution in [3.05, 3.63) is 71.3 Å². The summed E-state index contributed by atoms with van der Waals surface area (Å²) < 4.78 is 0. The number of anilines is 1. The van der Waals surface area contributed by atoms with Crippen molar-refractivity contribution in [1.82, 2.24) is 9.80 Å². The molecule has 1 heterocycles. The van der Waals surface area contributed by atoms with E-state index in [4.69, 9.17) is 11.6 Å². The number of amides is 2. The Morgan fingerprint density at radius 1 is 1.00 bits per heavy atom. The lowest BCUT2D eigenvalue weighted by Gasteiger charge is -2.34. The van der Waals surface area contributed by atoms with Crippen LogP contribution in [0.1, 0.15) is 5.56 Å². The molecular formula is C20H22ClN3O. The van der Waals surface area contributed by atoms with Crippen molar-refractivity contribution in [1.29, 1.82) is 0 Å². The zero-order valence-corrected chi connectivity index (χ0v) is 14.8. The lowest BCUT2D eigenvalue weighted by atomic mass is 10.2. The minimum Gasteiger partial charge on any atom is -0.322 e. The van der Waals surface area contributed by atoms with Crippen molar-refractivity contribution < 1.29 is 4.79 Å². The summed E-state index contributed by atoms with van der Waals surface area (Å²) in [7, 11) is 0. The zero-order valence-electron chi connectivity index (χ0n) is 14.1. The molecule has 2 aromatic carbocycles. The minimum atomic E-state index is -0.0539. The van der Waals surface area contributed by atoms with Gasteiger partial charge in [0.15, 0.2) is 0 Å². The second-order valence-electron chi connectivity index (χ2n) is 6.04. The number of benzene rings is 2. The Kier molecular flexibility index (Phi) is 6.09. The van der Waals surface area contributed by atoms with Crippen LogP contribution in [0.15, 0.2) is 60.7 Å². The van der Waals surface area contributed by atoms with E-state index < -0.39 is 0 Å². The Hall–Kier alpha value is -2.30. The normalized spacial score (nSPS) is 15.5. The fourth-order valence-corrected chi connectivity index (χ4v) is 2.90. The fourth-order valence-electron chi connectivity index (χ4n) is 2.77. The van der Waals surface area contributed by atoms with E-state index >= 15 is 0 Å². The summed E-state index contributed by atoms with van der Waals surface area (Å²) in [6, 6.07) is 17.4. The van der Waals surface area contributed by atoms with Gasteiger partial charge in [0.1, 0.15) is 0 Å². The maximum absolute atomic E-state index is 12.3. The Labute approximate surface area is 153 Å². The molecule has 0 spiro atoms. The van der Waals surface area contributed by atoms with E-state index in [1.807, 2.05) is 35.2 Å². The third-order valence-corrected chi connectivity index (χ3v) is 4.48. The molecule has 0 aliphatic carbocycles. The van der Waals surface area contributed by atoms with Crippen LogP contribution < -0.4 is 5.32 Å². The van der Waals surface area contributed by atoms with Gasteiger partial charge in [-0.2, -0.15) is 0 Å². The monoisotopic (exact) mass is 355 g/mol. The van der Waals surface area contributed by atoms with Gasteiger partial charge in [-0.3, -0.25) is 4.90 Å². The molecule has 1 aliphatic heterocycles. The number of nitrogens with zero attached hydrogens (tertiary/aromatic N) is 2. The van der Waals surface area contributed by atoms with Gasteiger partial charge in [-0.1, -0.05) is 54.1 Å². The number of nitrogens with one attached hydrogen (secondary N) is 1. The van der Waals surface area contributed by atoms with Crippen LogP contribution in [0.25, 0.3) is 6.08 Å². The van der Waals surface area contributed by atoms with Crippen LogP contribution in [-0.4, -0.2) is 48.6 Å². The number of rotatable bonds is 4.